The maximum atomic E-state index is 10.00. The first-order valence-corrected chi connectivity index (χ1v) is 2.22. The van der Waals surface area contributed by atoms with E-state index in [-0.39, 0.29) is 6.61 Å². The number of ether oxygens (including phenoxy) is 1. The van der Waals surface area contributed by atoms with Crippen molar-refractivity contribution >= 4 is 22.8 Å². The number of carbonyl (C=O) groups is 2. The Labute approximate surface area is 51.6 Å². The van der Waals surface area contributed by atoms with Crippen molar-refractivity contribution < 1.29 is 14.3 Å². The Kier molecular flexibility index (Phi) is 3.03. The molecule has 0 amide bonds. The van der Waals surface area contributed by atoms with Gasteiger partial charge in [-0.15, -0.1) is 0 Å². The summed E-state index contributed by atoms with van der Waals surface area (Å²) in [7, 11) is 0. The number of halogens is 1. The first-order chi connectivity index (χ1) is 3.68. The maximum Gasteiger partial charge on any atom is 0.394 e. The molecule has 0 aromatic rings. The van der Waals surface area contributed by atoms with Crippen LogP contribution in [0.5, 0.6) is 0 Å². The molecular formula is C4H4ClO3+. The average molecular weight is 136 g/mol. The van der Waals surface area contributed by atoms with Crippen molar-refractivity contribution in [3.8, 4) is 0 Å². The van der Waals surface area contributed by atoms with Crippen molar-refractivity contribution in [3.05, 3.63) is 6.92 Å². The van der Waals surface area contributed by atoms with E-state index in [9.17, 15) is 9.59 Å². The van der Waals surface area contributed by atoms with Gasteiger partial charge in [-0.1, -0.05) is 0 Å². The van der Waals surface area contributed by atoms with Gasteiger partial charge in [-0.3, -0.25) is 4.79 Å². The normalized spacial score (nSPS) is 8.12. The van der Waals surface area contributed by atoms with Crippen LogP contribution in [0, 0.1) is 6.92 Å². The zero-order valence-corrected chi connectivity index (χ0v) is 4.77. The molecule has 0 unspecified atom stereocenters. The number of carbonyl (C=O) groups excluding carboxylic acids is 2. The lowest BCUT2D eigenvalue weighted by atomic mass is 10.7. The predicted octanol–water partition coefficient (Wildman–Crippen LogP) is 0.129. The van der Waals surface area contributed by atoms with E-state index in [1.165, 1.54) is 0 Å². The van der Waals surface area contributed by atoms with Crippen molar-refractivity contribution in [1.29, 1.82) is 0 Å². The standard InChI is InChI=1S/C4H4ClO3/c1-2-8-4(7)3(5)6/h1-2H2/q+1. The molecule has 8 heavy (non-hydrogen) atoms. The van der Waals surface area contributed by atoms with Gasteiger partial charge in [-0.25, -0.2) is 4.79 Å². The van der Waals surface area contributed by atoms with E-state index in [2.05, 4.69) is 23.3 Å². The summed E-state index contributed by atoms with van der Waals surface area (Å²) in [5.41, 5.74) is 0. The Bertz CT molecular complexity index is 110. The van der Waals surface area contributed by atoms with Crippen LogP contribution >= 0.6 is 11.6 Å². The molecule has 0 atom stereocenters. The first-order valence-electron chi connectivity index (χ1n) is 1.84. The van der Waals surface area contributed by atoms with E-state index in [4.69, 9.17) is 0 Å². The van der Waals surface area contributed by atoms with Crippen LogP contribution < -0.4 is 0 Å². The van der Waals surface area contributed by atoms with Gasteiger partial charge in [0.1, 0.15) is 6.92 Å². The largest absolute Gasteiger partial charge is 0.417 e. The zero-order valence-electron chi connectivity index (χ0n) is 4.02. The summed E-state index contributed by atoms with van der Waals surface area (Å²) in [6, 6.07) is 0. The molecule has 44 valence electrons. The van der Waals surface area contributed by atoms with Gasteiger partial charge < -0.3 is 4.74 Å². The molecule has 0 aliphatic heterocycles. The third-order valence-electron chi connectivity index (χ3n) is 0.394. The average Bonchev–Trinajstić information content (AvgIpc) is 1.67. The maximum absolute atomic E-state index is 10.00. The molecule has 0 N–H and O–H groups in total. The molecule has 0 fully saturated rings. The smallest absolute Gasteiger partial charge is 0.394 e. The highest BCUT2D eigenvalue weighted by molar-refractivity contribution is 6.80. The van der Waals surface area contributed by atoms with Gasteiger partial charge in [0.05, 0.1) is 0 Å². The van der Waals surface area contributed by atoms with Crippen molar-refractivity contribution in [2.75, 3.05) is 6.61 Å². The molecule has 0 aliphatic rings. The Morgan fingerprint density at radius 1 is 1.62 bits per heavy atom. The minimum absolute atomic E-state index is 0.0721. The molecular weight excluding hydrogens is 131 g/mol. The van der Waals surface area contributed by atoms with E-state index in [1.54, 1.807) is 0 Å². The molecule has 4 heteroatoms. The summed E-state index contributed by atoms with van der Waals surface area (Å²) in [5, 5.41) is -1.12. The topological polar surface area (TPSA) is 43.4 Å². The lowest BCUT2D eigenvalue weighted by molar-refractivity contribution is -0.149. The quantitative estimate of drug-likeness (QED) is 0.234. The third-order valence-corrected chi connectivity index (χ3v) is 0.548. The van der Waals surface area contributed by atoms with Gasteiger partial charge in [0.2, 0.25) is 6.61 Å². The minimum atomic E-state index is -1.12. The Hall–Kier alpha value is -0.700. The fourth-order valence-electron chi connectivity index (χ4n) is 0.149. The second kappa shape index (κ2) is 3.32. The molecule has 0 heterocycles. The number of hydrogen-bond acceptors (Lipinski definition) is 3. The Balaban J connectivity index is 3.49. The van der Waals surface area contributed by atoms with Crippen molar-refractivity contribution in [1.82, 2.24) is 0 Å². The molecule has 0 spiro atoms. The summed E-state index contributed by atoms with van der Waals surface area (Å²) in [4.78, 5) is 19.8. The monoisotopic (exact) mass is 135 g/mol. The fraction of sp³-hybridized carbons (Fsp3) is 0.250. The zero-order chi connectivity index (χ0) is 6.57. The van der Waals surface area contributed by atoms with E-state index in [0.717, 1.165) is 0 Å². The third kappa shape index (κ3) is 2.47. The van der Waals surface area contributed by atoms with Crippen LogP contribution in [-0.2, 0) is 14.3 Å². The molecule has 0 saturated heterocycles. The first kappa shape index (κ1) is 7.30. The molecule has 0 aromatic carbocycles. The Morgan fingerprint density at radius 2 is 2.12 bits per heavy atom. The van der Waals surface area contributed by atoms with E-state index >= 15 is 0 Å². The van der Waals surface area contributed by atoms with Crippen LogP contribution in [0.1, 0.15) is 0 Å². The highest BCUT2D eigenvalue weighted by Crippen LogP contribution is 1.83. The van der Waals surface area contributed by atoms with E-state index < -0.39 is 11.2 Å². The molecule has 0 aliphatic carbocycles. The van der Waals surface area contributed by atoms with Crippen LogP contribution in [0.3, 0.4) is 0 Å². The van der Waals surface area contributed by atoms with Gasteiger partial charge in [0.25, 0.3) is 0 Å². The second-order valence-corrected chi connectivity index (χ2v) is 1.25. The fourth-order valence-corrected chi connectivity index (χ4v) is 0.204. The number of esters is 1. The van der Waals surface area contributed by atoms with Gasteiger partial charge in [-0.2, -0.15) is 0 Å². The lowest BCUT2D eigenvalue weighted by Crippen LogP contribution is -2.10. The van der Waals surface area contributed by atoms with E-state index in [0.29, 0.717) is 0 Å². The number of rotatable bonds is 2. The van der Waals surface area contributed by atoms with Crippen LogP contribution in [0.2, 0.25) is 0 Å². The summed E-state index contributed by atoms with van der Waals surface area (Å²) in [5.74, 6) is -1.05. The van der Waals surface area contributed by atoms with Crippen LogP contribution in [0.15, 0.2) is 0 Å². The second-order valence-electron chi connectivity index (χ2n) is 0.910. The highest BCUT2D eigenvalue weighted by Gasteiger charge is 2.10. The number of hydrogen-bond donors (Lipinski definition) is 0. The van der Waals surface area contributed by atoms with Crippen molar-refractivity contribution in [2.45, 2.75) is 0 Å². The molecule has 0 bridgehead atoms. The molecule has 0 radical (unpaired) electrons. The van der Waals surface area contributed by atoms with Crippen LogP contribution in [-0.4, -0.2) is 17.8 Å². The summed E-state index contributed by atoms with van der Waals surface area (Å²) < 4.78 is 4.07. The Morgan fingerprint density at radius 3 is 2.25 bits per heavy atom. The molecule has 0 rings (SSSR count). The summed E-state index contributed by atoms with van der Waals surface area (Å²) in [6.45, 7) is 3.08. The SMILES string of the molecule is [CH2+]COC(=O)C(=O)Cl. The van der Waals surface area contributed by atoms with E-state index in [1.807, 2.05) is 0 Å². The minimum Gasteiger partial charge on any atom is -0.417 e. The highest BCUT2D eigenvalue weighted by atomic mass is 35.5. The van der Waals surface area contributed by atoms with Gasteiger partial charge in [0, 0.05) is 0 Å². The van der Waals surface area contributed by atoms with Crippen LogP contribution in [0.4, 0.5) is 0 Å². The van der Waals surface area contributed by atoms with Gasteiger partial charge in [0.15, 0.2) is 0 Å². The predicted molar refractivity (Wildman–Crippen MR) is 27.2 cm³/mol. The lowest BCUT2D eigenvalue weighted by Gasteiger charge is -1.87. The van der Waals surface area contributed by atoms with Crippen molar-refractivity contribution in [3.63, 3.8) is 0 Å². The summed E-state index contributed by atoms with van der Waals surface area (Å²) >= 11 is 4.67. The molecule has 0 aromatic heterocycles. The molecule has 3 nitrogen and oxygen atoms in total. The molecule has 0 saturated carbocycles. The summed E-state index contributed by atoms with van der Waals surface area (Å²) in [6.07, 6.45) is 0. The van der Waals surface area contributed by atoms with Crippen molar-refractivity contribution in [2.24, 2.45) is 0 Å². The van der Waals surface area contributed by atoms with Crippen LogP contribution in [0.25, 0.3) is 0 Å². The van der Waals surface area contributed by atoms with Gasteiger partial charge >= 0.3 is 11.2 Å². The van der Waals surface area contributed by atoms with Gasteiger partial charge in [-0.05, 0) is 11.6 Å².